The zero-order chi connectivity index (χ0) is 12.7. The van der Waals surface area contributed by atoms with E-state index in [0.717, 1.165) is 6.42 Å². The number of ether oxygens (including phenoxy) is 1. The van der Waals surface area contributed by atoms with Crippen LogP contribution >= 0.6 is 0 Å². The lowest BCUT2D eigenvalue weighted by Crippen LogP contribution is -2.39. The molecule has 1 amide bonds. The van der Waals surface area contributed by atoms with Gasteiger partial charge in [0, 0.05) is 12.6 Å². The first-order chi connectivity index (χ1) is 8.08. The molecule has 0 heterocycles. The number of carbonyl (C=O) groups is 1. The Morgan fingerprint density at radius 3 is 2.59 bits per heavy atom. The summed E-state index contributed by atoms with van der Waals surface area (Å²) in [6.45, 7) is 4.63. The van der Waals surface area contributed by atoms with Crippen molar-refractivity contribution in [3.63, 3.8) is 0 Å². The molecule has 4 nitrogen and oxygen atoms in total. The van der Waals surface area contributed by atoms with E-state index in [1.807, 2.05) is 18.2 Å². The number of benzene rings is 1. The van der Waals surface area contributed by atoms with Crippen molar-refractivity contribution in [1.29, 1.82) is 0 Å². The summed E-state index contributed by atoms with van der Waals surface area (Å²) in [5.41, 5.74) is 5.85. The minimum atomic E-state index is -0.463. The van der Waals surface area contributed by atoms with Crippen molar-refractivity contribution in [2.45, 2.75) is 26.3 Å². The fraction of sp³-hybridized carbons (Fsp3) is 0.462. The molecular weight excluding hydrogens is 216 g/mol. The second-order valence-electron chi connectivity index (χ2n) is 4.47. The maximum Gasteiger partial charge on any atom is 0.412 e. The molecule has 0 aliphatic carbocycles. The van der Waals surface area contributed by atoms with E-state index in [9.17, 15) is 4.79 Å². The van der Waals surface area contributed by atoms with Crippen molar-refractivity contribution in [1.82, 2.24) is 5.32 Å². The van der Waals surface area contributed by atoms with Crippen LogP contribution < -0.4 is 15.8 Å². The first kappa shape index (κ1) is 13.5. The van der Waals surface area contributed by atoms with Crippen LogP contribution in [0.1, 0.15) is 20.3 Å². The molecule has 1 aromatic rings. The molecule has 17 heavy (non-hydrogen) atoms. The van der Waals surface area contributed by atoms with Crippen molar-refractivity contribution >= 4 is 6.09 Å². The van der Waals surface area contributed by atoms with Gasteiger partial charge in [-0.15, -0.1) is 0 Å². The van der Waals surface area contributed by atoms with Crippen LogP contribution in [0, 0.1) is 5.92 Å². The van der Waals surface area contributed by atoms with Crippen molar-refractivity contribution in [3.8, 4) is 5.75 Å². The summed E-state index contributed by atoms with van der Waals surface area (Å²) in [5.74, 6) is 1.05. The smallest absolute Gasteiger partial charge is 0.410 e. The normalized spacial score (nSPS) is 12.2. The van der Waals surface area contributed by atoms with Crippen molar-refractivity contribution in [3.05, 3.63) is 30.3 Å². The first-order valence-corrected chi connectivity index (χ1v) is 5.84. The molecule has 0 aliphatic heterocycles. The van der Waals surface area contributed by atoms with Gasteiger partial charge in [-0.1, -0.05) is 32.0 Å². The summed E-state index contributed by atoms with van der Waals surface area (Å²) < 4.78 is 5.06. The van der Waals surface area contributed by atoms with Crippen LogP contribution in [0.15, 0.2) is 30.3 Å². The molecule has 0 aliphatic rings. The Balaban J connectivity index is 2.26. The van der Waals surface area contributed by atoms with Crippen LogP contribution in [0.5, 0.6) is 5.75 Å². The van der Waals surface area contributed by atoms with E-state index >= 15 is 0 Å². The van der Waals surface area contributed by atoms with Crippen LogP contribution in [-0.4, -0.2) is 18.7 Å². The number of nitrogens with one attached hydrogen (secondary N) is 1. The minimum absolute atomic E-state index is 0.0293. The Kier molecular flexibility index (Phi) is 5.49. The van der Waals surface area contributed by atoms with Gasteiger partial charge in [0.25, 0.3) is 0 Å². The molecule has 1 rings (SSSR count). The van der Waals surface area contributed by atoms with Crippen LogP contribution in [0.3, 0.4) is 0 Å². The molecule has 1 atom stereocenters. The Hall–Kier alpha value is -1.55. The molecule has 1 unspecified atom stereocenters. The fourth-order valence-corrected chi connectivity index (χ4v) is 1.53. The second kappa shape index (κ2) is 6.91. The number of rotatable bonds is 5. The van der Waals surface area contributed by atoms with Gasteiger partial charge in [-0.05, 0) is 24.5 Å². The zero-order valence-corrected chi connectivity index (χ0v) is 10.3. The maximum absolute atomic E-state index is 11.4. The summed E-state index contributed by atoms with van der Waals surface area (Å²) in [7, 11) is 0. The molecule has 0 bridgehead atoms. The van der Waals surface area contributed by atoms with Crippen molar-refractivity contribution in [2.24, 2.45) is 11.7 Å². The summed E-state index contributed by atoms with van der Waals surface area (Å²) in [5, 5.41) is 2.65. The topological polar surface area (TPSA) is 64.3 Å². The van der Waals surface area contributed by atoms with Crippen LogP contribution in [-0.2, 0) is 0 Å². The predicted molar refractivity (Wildman–Crippen MR) is 67.9 cm³/mol. The maximum atomic E-state index is 11.4. The molecule has 0 aromatic heterocycles. The number of carbonyl (C=O) groups excluding carboxylic acids is 1. The van der Waals surface area contributed by atoms with Crippen LogP contribution in [0.4, 0.5) is 4.79 Å². The largest absolute Gasteiger partial charge is 0.412 e. The predicted octanol–water partition coefficient (Wildman–Crippen LogP) is 2.15. The molecule has 3 N–H and O–H groups in total. The second-order valence-corrected chi connectivity index (χ2v) is 4.47. The summed E-state index contributed by atoms with van der Waals surface area (Å²) in [4.78, 5) is 11.4. The highest BCUT2D eigenvalue weighted by atomic mass is 16.6. The Morgan fingerprint density at radius 1 is 1.35 bits per heavy atom. The first-order valence-electron chi connectivity index (χ1n) is 5.84. The molecule has 1 aromatic carbocycles. The van der Waals surface area contributed by atoms with Crippen LogP contribution in [0.25, 0.3) is 0 Å². The highest BCUT2D eigenvalue weighted by Crippen LogP contribution is 2.08. The third-order valence-corrected chi connectivity index (χ3v) is 2.24. The van der Waals surface area contributed by atoms with E-state index in [0.29, 0.717) is 18.2 Å². The SMILES string of the molecule is CC(C)CC(N)CNC(=O)Oc1ccccc1. The van der Waals surface area contributed by atoms with E-state index in [1.165, 1.54) is 0 Å². The van der Waals surface area contributed by atoms with Gasteiger partial charge in [-0.25, -0.2) is 4.79 Å². The lowest BCUT2D eigenvalue weighted by atomic mass is 10.0. The standard InChI is InChI=1S/C13H20N2O2/c1-10(2)8-11(14)9-15-13(16)17-12-6-4-3-5-7-12/h3-7,10-11H,8-9,14H2,1-2H3,(H,15,16). The van der Waals surface area contributed by atoms with E-state index in [1.54, 1.807) is 12.1 Å². The Labute approximate surface area is 102 Å². The summed E-state index contributed by atoms with van der Waals surface area (Å²) in [6, 6.07) is 8.92. The molecular formula is C13H20N2O2. The molecule has 0 spiro atoms. The number of para-hydroxylation sites is 1. The van der Waals surface area contributed by atoms with Crippen molar-refractivity contribution in [2.75, 3.05) is 6.54 Å². The van der Waals surface area contributed by atoms with Gasteiger partial charge >= 0.3 is 6.09 Å². The minimum Gasteiger partial charge on any atom is -0.410 e. The van der Waals surface area contributed by atoms with Gasteiger partial charge < -0.3 is 15.8 Å². The average Bonchev–Trinajstić information content (AvgIpc) is 2.27. The average molecular weight is 236 g/mol. The molecule has 0 fully saturated rings. The number of amides is 1. The fourth-order valence-electron chi connectivity index (χ4n) is 1.53. The van der Waals surface area contributed by atoms with E-state index < -0.39 is 6.09 Å². The zero-order valence-electron chi connectivity index (χ0n) is 10.3. The molecule has 0 radical (unpaired) electrons. The number of hydrogen-bond donors (Lipinski definition) is 2. The van der Waals surface area contributed by atoms with Gasteiger partial charge in [0.2, 0.25) is 0 Å². The monoisotopic (exact) mass is 236 g/mol. The van der Waals surface area contributed by atoms with Gasteiger partial charge in [0.15, 0.2) is 0 Å². The van der Waals surface area contributed by atoms with Gasteiger partial charge in [0.05, 0.1) is 0 Å². The molecule has 0 saturated carbocycles. The Morgan fingerprint density at radius 2 is 2.00 bits per heavy atom. The van der Waals surface area contributed by atoms with Gasteiger partial charge in [-0.2, -0.15) is 0 Å². The number of hydrogen-bond acceptors (Lipinski definition) is 3. The van der Waals surface area contributed by atoms with E-state index in [2.05, 4.69) is 19.2 Å². The highest BCUT2D eigenvalue weighted by molar-refractivity contribution is 5.70. The Bertz CT molecular complexity index is 339. The summed E-state index contributed by atoms with van der Waals surface area (Å²) >= 11 is 0. The lowest BCUT2D eigenvalue weighted by Gasteiger charge is -2.14. The van der Waals surface area contributed by atoms with Crippen LogP contribution in [0.2, 0.25) is 0 Å². The van der Waals surface area contributed by atoms with Gasteiger partial charge in [-0.3, -0.25) is 0 Å². The molecule has 94 valence electrons. The molecule has 4 heteroatoms. The third-order valence-electron chi connectivity index (χ3n) is 2.24. The van der Waals surface area contributed by atoms with Crippen molar-refractivity contribution < 1.29 is 9.53 Å². The van der Waals surface area contributed by atoms with E-state index in [-0.39, 0.29) is 6.04 Å². The van der Waals surface area contributed by atoms with Gasteiger partial charge in [0.1, 0.15) is 5.75 Å². The quantitative estimate of drug-likeness (QED) is 0.823. The highest BCUT2D eigenvalue weighted by Gasteiger charge is 2.08. The number of nitrogens with two attached hydrogens (primary N) is 1. The third kappa shape index (κ3) is 5.92. The molecule has 0 saturated heterocycles. The van der Waals surface area contributed by atoms with E-state index in [4.69, 9.17) is 10.5 Å². The lowest BCUT2D eigenvalue weighted by molar-refractivity contribution is 0.199. The summed E-state index contributed by atoms with van der Waals surface area (Å²) in [6.07, 6.45) is 0.418.